The number of rotatable bonds is 6. The van der Waals surface area contributed by atoms with Gasteiger partial charge in [0.25, 0.3) is 5.91 Å². The SMILES string of the molecule is O=C(NNC1=CCCCC1)c1ccc(NNC2=CCCCC2)cc1. The first kappa shape index (κ1) is 16.4. The molecule has 0 unspecified atom stereocenters. The number of carbonyl (C=O) groups is 1. The van der Waals surface area contributed by atoms with Gasteiger partial charge >= 0.3 is 0 Å². The van der Waals surface area contributed by atoms with Gasteiger partial charge in [0.05, 0.1) is 5.69 Å². The molecular weight excluding hydrogens is 300 g/mol. The molecule has 24 heavy (non-hydrogen) atoms. The van der Waals surface area contributed by atoms with Crippen LogP contribution in [0.25, 0.3) is 0 Å². The predicted octanol–water partition coefficient (Wildman–Crippen LogP) is 3.75. The number of nitrogens with one attached hydrogen (secondary N) is 4. The molecule has 1 amide bonds. The minimum atomic E-state index is -0.115. The van der Waals surface area contributed by atoms with Crippen LogP contribution in [0, 0.1) is 0 Å². The fraction of sp³-hybridized carbons (Fsp3) is 0.421. The largest absolute Gasteiger partial charge is 0.305 e. The molecule has 0 saturated heterocycles. The Morgan fingerprint density at radius 3 is 1.96 bits per heavy atom. The lowest BCUT2D eigenvalue weighted by Crippen LogP contribution is -2.37. The van der Waals surface area contributed by atoms with E-state index in [1.165, 1.54) is 31.4 Å². The second-order valence-electron chi connectivity index (χ2n) is 6.36. The first-order chi connectivity index (χ1) is 11.8. The Balaban J connectivity index is 1.47. The molecular formula is C19H26N4O. The Morgan fingerprint density at radius 2 is 1.38 bits per heavy atom. The van der Waals surface area contributed by atoms with E-state index in [2.05, 4.69) is 33.9 Å². The van der Waals surface area contributed by atoms with Crippen LogP contribution in [0.1, 0.15) is 61.7 Å². The lowest BCUT2D eigenvalue weighted by atomic mass is 10.1. The molecule has 3 rings (SSSR count). The number of carbonyl (C=O) groups excluding carboxylic acids is 1. The average molecular weight is 326 g/mol. The van der Waals surface area contributed by atoms with Crippen LogP contribution >= 0.6 is 0 Å². The van der Waals surface area contributed by atoms with Crippen LogP contribution in [0.4, 0.5) is 5.69 Å². The van der Waals surface area contributed by atoms with E-state index >= 15 is 0 Å². The van der Waals surface area contributed by atoms with Crippen LogP contribution in [-0.4, -0.2) is 5.91 Å². The van der Waals surface area contributed by atoms with Crippen molar-refractivity contribution >= 4 is 11.6 Å². The molecule has 5 heteroatoms. The summed E-state index contributed by atoms with van der Waals surface area (Å²) in [5.74, 6) is -0.115. The zero-order valence-corrected chi connectivity index (χ0v) is 14.0. The summed E-state index contributed by atoms with van der Waals surface area (Å²) in [5.41, 5.74) is 16.2. The summed E-state index contributed by atoms with van der Waals surface area (Å²) in [6.45, 7) is 0. The summed E-state index contributed by atoms with van der Waals surface area (Å²) in [6.07, 6.45) is 13.7. The van der Waals surface area contributed by atoms with Crippen LogP contribution in [0.3, 0.4) is 0 Å². The van der Waals surface area contributed by atoms with Crippen molar-refractivity contribution in [3.63, 3.8) is 0 Å². The zero-order chi connectivity index (χ0) is 16.6. The minimum Gasteiger partial charge on any atom is -0.305 e. The van der Waals surface area contributed by atoms with E-state index in [1.54, 1.807) is 0 Å². The van der Waals surface area contributed by atoms with Gasteiger partial charge in [-0.25, -0.2) is 0 Å². The first-order valence-electron chi connectivity index (χ1n) is 8.88. The second-order valence-corrected chi connectivity index (χ2v) is 6.36. The van der Waals surface area contributed by atoms with Gasteiger partial charge in [-0.3, -0.25) is 10.2 Å². The van der Waals surface area contributed by atoms with Gasteiger partial charge in [0, 0.05) is 17.0 Å². The highest BCUT2D eigenvalue weighted by Gasteiger charge is 2.08. The van der Waals surface area contributed by atoms with E-state index in [0.717, 1.165) is 37.1 Å². The molecule has 4 N–H and O–H groups in total. The quantitative estimate of drug-likeness (QED) is 0.601. The molecule has 1 aromatic carbocycles. The summed E-state index contributed by atoms with van der Waals surface area (Å²) in [5, 5.41) is 0. The molecule has 0 aliphatic heterocycles. The average Bonchev–Trinajstić information content (AvgIpc) is 2.66. The fourth-order valence-corrected chi connectivity index (χ4v) is 2.97. The molecule has 2 aliphatic rings. The van der Waals surface area contributed by atoms with Gasteiger partial charge in [-0.15, -0.1) is 0 Å². The van der Waals surface area contributed by atoms with Gasteiger partial charge in [-0.2, -0.15) is 0 Å². The van der Waals surface area contributed by atoms with E-state index in [1.807, 2.05) is 24.3 Å². The minimum absolute atomic E-state index is 0.115. The van der Waals surface area contributed by atoms with Crippen LogP contribution in [0.2, 0.25) is 0 Å². The van der Waals surface area contributed by atoms with E-state index < -0.39 is 0 Å². The Morgan fingerprint density at radius 1 is 0.750 bits per heavy atom. The molecule has 0 spiro atoms. The number of hydrogen-bond donors (Lipinski definition) is 4. The molecule has 5 nitrogen and oxygen atoms in total. The van der Waals surface area contributed by atoms with Gasteiger partial charge in [-0.05, 0) is 75.6 Å². The summed E-state index contributed by atoms with van der Waals surface area (Å²) >= 11 is 0. The van der Waals surface area contributed by atoms with Crippen LogP contribution in [0.15, 0.2) is 47.8 Å². The van der Waals surface area contributed by atoms with Gasteiger partial charge < -0.3 is 16.3 Å². The van der Waals surface area contributed by atoms with Crippen molar-refractivity contribution in [2.75, 3.05) is 5.43 Å². The molecule has 0 atom stereocenters. The second kappa shape index (κ2) is 8.43. The van der Waals surface area contributed by atoms with E-state index in [-0.39, 0.29) is 5.91 Å². The summed E-state index contributed by atoms with van der Waals surface area (Å²) < 4.78 is 0. The zero-order valence-electron chi connectivity index (χ0n) is 14.0. The third-order valence-electron chi connectivity index (χ3n) is 4.43. The monoisotopic (exact) mass is 326 g/mol. The number of allylic oxidation sites excluding steroid dienone is 4. The van der Waals surface area contributed by atoms with Crippen molar-refractivity contribution in [3.05, 3.63) is 53.4 Å². The number of benzene rings is 1. The van der Waals surface area contributed by atoms with Crippen molar-refractivity contribution in [2.24, 2.45) is 0 Å². The van der Waals surface area contributed by atoms with Gasteiger partial charge in [-0.1, -0.05) is 12.2 Å². The van der Waals surface area contributed by atoms with E-state index in [0.29, 0.717) is 5.56 Å². The van der Waals surface area contributed by atoms with Gasteiger partial charge in [0.15, 0.2) is 0 Å². The Labute approximate surface area is 143 Å². The Hall–Kier alpha value is -2.43. The smallest absolute Gasteiger partial charge is 0.269 e. The summed E-state index contributed by atoms with van der Waals surface area (Å²) in [4.78, 5) is 12.2. The van der Waals surface area contributed by atoms with E-state index in [4.69, 9.17) is 0 Å². The molecule has 0 saturated carbocycles. The van der Waals surface area contributed by atoms with Crippen molar-refractivity contribution in [1.29, 1.82) is 0 Å². The van der Waals surface area contributed by atoms with Crippen LogP contribution in [-0.2, 0) is 0 Å². The molecule has 0 bridgehead atoms. The van der Waals surface area contributed by atoms with Gasteiger partial charge in [0.2, 0.25) is 0 Å². The van der Waals surface area contributed by atoms with Crippen molar-refractivity contribution in [1.82, 2.24) is 16.3 Å². The van der Waals surface area contributed by atoms with Crippen molar-refractivity contribution in [3.8, 4) is 0 Å². The van der Waals surface area contributed by atoms with Crippen LogP contribution < -0.4 is 21.7 Å². The third-order valence-corrected chi connectivity index (χ3v) is 4.43. The lowest BCUT2D eigenvalue weighted by Gasteiger charge is -2.17. The first-order valence-corrected chi connectivity index (χ1v) is 8.88. The topological polar surface area (TPSA) is 65.2 Å². The molecule has 0 heterocycles. The normalized spacial score (nSPS) is 17.3. The Bertz CT molecular complexity index is 619. The lowest BCUT2D eigenvalue weighted by molar-refractivity contribution is 0.0938. The highest BCUT2D eigenvalue weighted by Crippen LogP contribution is 2.16. The maximum absolute atomic E-state index is 12.2. The van der Waals surface area contributed by atoms with E-state index in [9.17, 15) is 4.79 Å². The standard InChI is InChI=1S/C19H26N4O/c24-19(23-22-17-9-5-2-6-10-17)15-11-13-18(14-12-15)21-20-16-7-3-1-4-8-16/h7,9,11-14,20-22H,1-6,8,10H2,(H,23,24). The number of hydrazine groups is 2. The predicted molar refractivity (Wildman–Crippen MR) is 96.9 cm³/mol. The maximum Gasteiger partial charge on any atom is 0.269 e. The van der Waals surface area contributed by atoms with Crippen LogP contribution in [0.5, 0.6) is 0 Å². The van der Waals surface area contributed by atoms with Crippen molar-refractivity contribution < 1.29 is 4.79 Å². The Kier molecular flexibility index (Phi) is 5.77. The number of amides is 1. The highest BCUT2D eigenvalue weighted by molar-refractivity contribution is 5.94. The number of hydrogen-bond acceptors (Lipinski definition) is 4. The highest BCUT2D eigenvalue weighted by atomic mass is 16.2. The molecule has 0 radical (unpaired) electrons. The third kappa shape index (κ3) is 4.78. The van der Waals surface area contributed by atoms with Gasteiger partial charge in [0.1, 0.15) is 0 Å². The fourth-order valence-electron chi connectivity index (χ4n) is 2.97. The molecule has 1 aromatic rings. The maximum atomic E-state index is 12.2. The number of anilines is 1. The molecule has 0 fully saturated rings. The molecule has 128 valence electrons. The molecule has 2 aliphatic carbocycles. The molecule has 0 aromatic heterocycles. The van der Waals surface area contributed by atoms with Crippen molar-refractivity contribution in [2.45, 2.75) is 51.4 Å². The summed E-state index contributed by atoms with van der Waals surface area (Å²) in [6, 6.07) is 7.47. The summed E-state index contributed by atoms with van der Waals surface area (Å²) in [7, 11) is 0.